The van der Waals surface area contributed by atoms with E-state index in [0.717, 1.165) is 12.0 Å². The second-order valence-electron chi connectivity index (χ2n) is 6.10. The van der Waals surface area contributed by atoms with Crippen LogP contribution in [0.3, 0.4) is 0 Å². The predicted octanol–water partition coefficient (Wildman–Crippen LogP) is 0.884. The van der Waals surface area contributed by atoms with Gasteiger partial charge >= 0.3 is 0 Å². The van der Waals surface area contributed by atoms with Gasteiger partial charge in [-0.1, -0.05) is 19.1 Å². The molecule has 2 amide bonds. The van der Waals surface area contributed by atoms with Crippen molar-refractivity contribution >= 4 is 11.8 Å². The molecule has 1 heterocycles. The Labute approximate surface area is 124 Å². The Balaban J connectivity index is 1.58. The number of amides is 2. The van der Waals surface area contributed by atoms with Crippen molar-refractivity contribution in [2.24, 2.45) is 11.7 Å². The maximum Gasteiger partial charge on any atom is 0.251 e. The second-order valence-corrected chi connectivity index (χ2v) is 6.10. The molecule has 21 heavy (non-hydrogen) atoms. The van der Waals surface area contributed by atoms with Crippen molar-refractivity contribution in [2.75, 3.05) is 6.54 Å². The van der Waals surface area contributed by atoms with E-state index in [4.69, 9.17) is 5.73 Å². The minimum Gasteiger partial charge on any atom is -0.347 e. The molecule has 0 spiro atoms. The highest BCUT2D eigenvalue weighted by molar-refractivity contribution is 5.95. The van der Waals surface area contributed by atoms with Gasteiger partial charge in [0, 0.05) is 31.1 Å². The summed E-state index contributed by atoms with van der Waals surface area (Å²) >= 11 is 0. The second kappa shape index (κ2) is 5.48. The van der Waals surface area contributed by atoms with Crippen LogP contribution in [0, 0.1) is 5.92 Å². The third kappa shape index (κ3) is 2.93. The lowest BCUT2D eigenvalue weighted by Crippen LogP contribution is -2.37. The van der Waals surface area contributed by atoms with Gasteiger partial charge in [-0.15, -0.1) is 0 Å². The van der Waals surface area contributed by atoms with Crippen molar-refractivity contribution < 1.29 is 9.59 Å². The number of carbonyl (C=O) groups excluding carboxylic acids is 2. The van der Waals surface area contributed by atoms with Crippen LogP contribution in [0.15, 0.2) is 24.3 Å². The molecule has 112 valence electrons. The van der Waals surface area contributed by atoms with E-state index in [1.165, 1.54) is 0 Å². The van der Waals surface area contributed by atoms with Crippen LogP contribution in [0.2, 0.25) is 0 Å². The first kappa shape index (κ1) is 14.1. The fraction of sp³-hybridized carbons (Fsp3) is 0.500. The molecule has 2 aliphatic rings. The topological polar surface area (TPSA) is 75.4 Å². The van der Waals surface area contributed by atoms with E-state index in [0.29, 0.717) is 37.0 Å². The van der Waals surface area contributed by atoms with Crippen molar-refractivity contribution in [3.63, 3.8) is 0 Å². The molecule has 1 saturated carbocycles. The SMILES string of the molecule is C[C@@H]1C[C@@H]1N1C[C@H](NC(=O)c2ccc(CN)cc2)CC1=O. The summed E-state index contributed by atoms with van der Waals surface area (Å²) in [6.07, 6.45) is 1.50. The zero-order valence-corrected chi connectivity index (χ0v) is 12.2. The average molecular weight is 287 g/mol. The summed E-state index contributed by atoms with van der Waals surface area (Å²) in [5.41, 5.74) is 7.15. The van der Waals surface area contributed by atoms with Gasteiger partial charge in [0.25, 0.3) is 5.91 Å². The monoisotopic (exact) mass is 287 g/mol. The van der Waals surface area contributed by atoms with E-state index < -0.39 is 0 Å². The lowest BCUT2D eigenvalue weighted by molar-refractivity contribution is -0.128. The molecule has 3 rings (SSSR count). The van der Waals surface area contributed by atoms with Crippen molar-refractivity contribution in [1.29, 1.82) is 0 Å². The Morgan fingerprint density at radius 2 is 2.05 bits per heavy atom. The summed E-state index contributed by atoms with van der Waals surface area (Å²) in [5.74, 6) is 0.641. The van der Waals surface area contributed by atoms with Crippen LogP contribution >= 0.6 is 0 Å². The molecule has 1 aliphatic carbocycles. The van der Waals surface area contributed by atoms with Gasteiger partial charge in [0.2, 0.25) is 5.91 Å². The van der Waals surface area contributed by atoms with Gasteiger partial charge in [0.1, 0.15) is 0 Å². The molecule has 1 aliphatic heterocycles. The van der Waals surface area contributed by atoms with Crippen LogP contribution in [0.4, 0.5) is 0 Å². The number of hydrogen-bond acceptors (Lipinski definition) is 3. The van der Waals surface area contributed by atoms with Gasteiger partial charge in [0.05, 0.1) is 6.04 Å². The van der Waals surface area contributed by atoms with Gasteiger partial charge in [-0.3, -0.25) is 9.59 Å². The van der Waals surface area contributed by atoms with Crippen molar-refractivity contribution in [2.45, 2.75) is 38.4 Å². The summed E-state index contributed by atoms with van der Waals surface area (Å²) in [7, 11) is 0. The van der Waals surface area contributed by atoms with Crippen LogP contribution in [-0.4, -0.2) is 35.3 Å². The number of hydrogen-bond donors (Lipinski definition) is 2. The minimum absolute atomic E-state index is 0.0769. The fourth-order valence-corrected chi connectivity index (χ4v) is 2.95. The van der Waals surface area contributed by atoms with Crippen molar-refractivity contribution in [1.82, 2.24) is 10.2 Å². The molecule has 1 saturated heterocycles. The highest BCUT2D eigenvalue weighted by Gasteiger charge is 2.44. The Bertz CT molecular complexity index is 555. The lowest BCUT2D eigenvalue weighted by atomic mass is 10.1. The summed E-state index contributed by atoms with van der Waals surface area (Å²) in [6, 6.07) is 7.57. The molecule has 0 radical (unpaired) electrons. The molecule has 5 heteroatoms. The highest BCUT2D eigenvalue weighted by Crippen LogP contribution is 2.37. The molecule has 0 bridgehead atoms. The predicted molar refractivity (Wildman–Crippen MR) is 79.5 cm³/mol. The number of nitrogens with one attached hydrogen (secondary N) is 1. The first-order valence-corrected chi connectivity index (χ1v) is 7.48. The third-order valence-electron chi connectivity index (χ3n) is 4.41. The average Bonchev–Trinajstić information content (AvgIpc) is 3.09. The normalized spacial score (nSPS) is 27.8. The minimum atomic E-state index is -0.123. The van der Waals surface area contributed by atoms with Crippen LogP contribution in [0.1, 0.15) is 35.7 Å². The number of carbonyl (C=O) groups is 2. The Hall–Kier alpha value is -1.88. The Morgan fingerprint density at radius 3 is 2.62 bits per heavy atom. The number of likely N-dealkylation sites (tertiary alicyclic amines) is 1. The van der Waals surface area contributed by atoms with Gasteiger partial charge in [-0.25, -0.2) is 0 Å². The molecular formula is C16H21N3O2. The van der Waals surface area contributed by atoms with Gasteiger partial charge in [0.15, 0.2) is 0 Å². The molecule has 1 aromatic rings. The summed E-state index contributed by atoms with van der Waals surface area (Å²) in [4.78, 5) is 26.1. The largest absolute Gasteiger partial charge is 0.347 e. The maximum absolute atomic E-state index is 12.2. The van der Waals surface area contributed by atoms with Crippen molar-refractivity contribution in [3.8, 4) is 0 Å². The number of rotatable bonds is 4. The molecule has 3 N–H and O–H groups in total. The summed E-state index contributed by atoms with van der Waals surface area (Å²) in [5, 5.41) is 2.96. The molecule has 0 unspecified atom stereocenters. The number of benzene rings is 1. The Morgan fingerprint density at radius 1 is 1.38 bits per heavy atom. The standard InChI is InChI=1S/C16H21N3O2/c1-10-6-14(10)19-9-13(7-15(19)20)18-16(21)12-4-2-11(8-17)3-5-12/h2-5,10,13-14H,6-9,17H2,1H3,(H,18,21)/t10-,13-,14+/m1/s1. The molecule has 3 atom stereocenters. The highest BCUT2D eigenvalue weighted by atomic mass is 16.2. The smallest absolute Gasteiger partial charge is 0.251 e. The van der Waals surface area contributed by atoms with E-state index >= 15 is 0 Å². The van der Waals surface area contributed by atoms with Gasteiger partial charge < -0.3 is 16.0 Å². The van der Waals surface area contributed by atoms with Crippen LogP contribution in [0.25, 0.3) is 0 Å². The first-order valence-electron chi connectivity index (χ1n) is 7.48. The molecule has 5 nitrogen and oxygen atoms in total. The van der Waals surface area contributed by atoms with E-state index in [2.05, 4.69) is 12.2 Å². The zero-order valence-electron chi connectivity index (χ0n) is 12.2. The molecule has 1 aromatic carbocycles. The van der Waals surface area contributed by atoms with Crippen LogP contribution < -0.4 is 11.1 Å². The van der Waals surface area contributed by atoms with Crippen molar-refractivity contribution in [3.05, 3.63) is 35.4 Å². The van der Waals surface area contributed by atoms with E-state index in [1.807, 2.05) is 17.0 Å². The molecule has 2 fully saturated rings. The maximum atomic E-state index is 12.2. The lowest BCUT2D eigenvalue weighted by Gasteiger charge is -2.17. The number of nitrogens with zero attached hydrogens (tertiary/aromatic N) is 1. The third-order valence-corrected chi connectivity index (χ3v) is 4.41. The van der Waals surface area contributed by atoms with E-state index in [9.17, 15) is 9.59 Å². The molecular weight excluding hydrogens is 266 g/mol. The summed E-state index contributed by atoms with van der Waals surface area (Å²) < 4.78 is 0. The van der Waals surface area contributed by atoms with E-state index in [-0.39, 0.29) is 17.9 Å². The quantitative estimate of drug-likeness (QED) is 0.863. The Kier molecular flexibility index (Phi) is 3.68. The van der Waals surface area contributed by atoms with Crippen LogP contribution in [-0.2, 0) is 11.3 Å². The van der Waals surface area contributed by atoms with Crippen LogP contribution in [0.5, 0.6) is 0 Å². The van der Waals surface area contributed by atoms with Gasteiger partial charge in [-0.2, -0.15) is 0 Å². The fourth-order valence-electron chi connectivity index (χ4n) is 2.95. The zero-order chi connectivity index (χ0) is 15.0. The summed E-state index contributed by atoms with van der Waals surface area (Å²) in [6.45, 7) is 3.26. The first-order chi connectivity index (χ1) is 10.1. The number of nitrogens with two attached hydrogens (primary N) is 1. The van der Waals surface area contributed by atoms with Gasteiger partial charge in [-0.05, 0) is 30.0 Å². The van der Waals surface area contributed by atoms with E-state index in [1.54, 1.807) is 12.1 Å². The molecule has 0 aromatic heterocycles.